The molecule has 0 aromatic heterocycles. The Morgan fingerprint density at radius 1 is 0.882 bits per heavy atom. The standard InChI is InChI=1S/C27H35N3O4/c31-27(28-18-21-4-6-22(7-5-21)19-29-11-15-32-16-12-29)20-30-10-1-3-24(30)23-8-9-25-26(17-23)34-14-2-13-33-25/h4-9,17,24H,1-3,10-16,18-20H2,(H,28,31). The molecule has 0 bridgehead atoms. The Morgan fingerprint density at radius 2 is 1.65 bits per heavy atom. The highest BCUT2D eigenvalue weighted by Gasteiger charge is 2.28. The van der Waals surface area contributed by atoms with Crippen LogP contribution in [0.5, 0.6) is 11.5 Å². The zero-order valence-electron chi connectivity index (χ0n) is 19.8. The van der Waals surface area contributed by atoms with Gasteiger partial charge in [0.1, 0.15) is 0 Å². The van der Waals surface area contributed by atoms with E-state index in [9.17, 15) is 4.79 Å². The van der Waals surface area contributed by atoms with E-state index in [4.69, 9.17) is 14.2 Å². The number of hydrogen-bond acceptors (Lipinski definition) is 6. The molecule has 1 N–H and O–H groups in total. The fourth-order valence-electron chi connectivity index (χ4n) is 5.00. The van der Waals surface area contributed by atoms with Crippen LogP contribution >= 0.6 is 0 Å². The molecule has 7 nitrogen and oxygen atoms in total. The summed E-state index contributed by atoms with van der Waals surface area (Å²) in [5, 5.41) is 3.10. The molecule has 1 amide bonds. The zero-order valence-corrected chi connectivity index (χ0v) is 19.8. The van der Waals surface area contributed by atoms with Crippen molar-refractivity contribution in [3.05, 3.63) is 59.2 Å². The predicted molar refractivity (Wildman–Crippen MR) is 130 cm³/mol. The Morgan fingerprint density at radius 3 is 2.47 bits per heavy atom. The van der Waals surface area contributed by atoms with Gasteiger partial charge in [-0.2, -0.15) is 0 Å². The van der Waals surface area contributed by atoms with Crippen LogP contribution in [0.25, 0.3) is 0 Å². The van der Waals surface area contributed by atoms with Gasteiger partial charge in [0, 0.05) is 38.6 Å². The third-order valence-corrected chi connectivity index (χ3v) is 6.89. The molecule has 3 aliphatic heterocycles. The largest absolute Gasteiger partial charge is 0.490 e. The van der Waals surface area contributed by atoms with Crippen molar-refractivity contribution in [1.82, 2.24) is 15.1 Å². The lowest BCUT2D eigenvalue weighted by Crippen LogP contribution is -2.36. The Kier molecular flexibility index (Phi) is 7.63. The number of benzene rings is 2. The summed E-state index contributed by atoms with van der Waals surface area (Å²) in [4.78, 5) is 17.4. The molecule has 0 aliphatic carbocycles. The summed E-state index contributed by atoms with van der Waals surface area (Å²) in [6, 6.07) is 15.0. The van der Waals surface area contributed by atoms with Crippen molar-refractivity contribution in [1.29, 1.82) is 0 Å². The number of ether oxygens (including phenoxy) is 3. The van der Waals surface area contributed by atoms with E-state index in [0.717, 1.165) is 75.7 Å². The number of fused-ring (bicyclic) bond motifs is 1. The number of likely N-dealkylation sites (tertiary alicyclic amines) is 1. The van der Waals surface area contributed by atoms with Crippen LogP contribution in [0.2, 0.25) is 0 Å². The molecule has 3 aliphatic rings. The van der Waals surface area contributed by atoms with Crippen LogP contribution in [0, 0.1) is 0 Å². The summed E-state index contributed by atoms with van der Waals surface area (Å²) in [5.41, 5.74) is 3.62. The predicted octanol–water partition coefficient (Wildman–Crippen LogP) is 3.13. The van der Waals surface area contributed by atoms with Gasteiger partial charge in [0.25, 0.3) is 0 Å². The molecule has 0 spiro atoms. The summed E-state index contributed by atoms with van der Waals surface area (Å²) < 4.78 is 17.1. The molecule has 2 fully saturated rings. The van der Waals surface area contributed by atoms with Crippen LogP contribution in [0.4, 0.5) is 0 Å². The van der Waals surface area contributed by atoms with Gasteiger partial charge in [-0.05, 0) is 48.2 Å². The molecular formula is C27H35N3O4. The minimum Gasteiger partial charge on any atom is -0.490 e. The minimum atomic E-state index is 0.0682. The van der Waals surface area contributed by atoms with Gasteiger partial charge in [-0.15, -0.1) is 0 Å². The average Bonchev–Trinajstić information content (AvgIpc) is 3.19. The number of nitrogens with zero attached hydrogens (tertiary/aromatic N) is 2. The highest BCUT2D eigenvalue weighted by Crippen LogP contribution is 2.37. The maximum Gasteiger partial charge on any atom is 0.234 e. The van der Waals surface area contributed by atoms with Crippen molar-refractivity contribution in [2.75, 3.05) is 52.6 Å². The van der Waals surface area contributed by atoms with Crippen molar-refractivity contribution in [3.8, 4) is 11.5 Å². The van der Waals surface area contributed by atoms with Crippen LogP contribution in [-0.4, -0.2) is 68.3 Å². The number of nitrogens with one attached hydrogen (secondary N) is 1. The Bertz CT molecular complexity index is 959. The average molecular weight is 466 g/mol. The van der Waals surface area contributed by atoms with Gasteiger partial charge in [0.05, 0.1) is 33.0 Å². The first-order valence-corrected chi connectivity index (χ1v) is 12.5. The van der Waals surface area contributed by atoms with Gasteiger partial charge < -0.3 is 19.5 Å². The minimum absolute atomic E-state index is 0.0682. The lowest BCUT2D eigenvalue weighted by atomic mass is 10.0. The van der Waals surface area contributed by atoms with Gasteiger partial charge in [0.2, 0.25) is 5.91 Å². The number of carbonyl (C=O) groups is 1. The Labute approximate surface area is 202 Å². The molecule has 1 unspecified atom stereocenters. The van der Waals surface area contributed by atoms with Gasteiger partial charge in [-0.1, -0.05) is 30.3 Å². The summed E-state index contributed by atoms with van der Waals surface area (Å²) in [6.45, 7) is 7.83. The lowest BCUT2D eigenvalue weighted by Gasteiger charge is -2.26. The summed E-state index contributed by atoms with van der Waals surface area (Å²) >= 11 is 0. The van der Waals surface area contributed by atoms with Gasteiger partial charge in [-0.25, -0.2) is 0 Å². The molecular weight excluding hydrogens is 430 g/mol. The van der Waals surface area contributed by atoms with Crippen molar-refractivity contribution in [2.45, 2.75) is 38.4 Å². The summed E-state index contributed by atoms with van der Waals surface area (Å²) in [5.74, 6) is 1.71. The second-order valence-corrected chi connectivity index (χ2v) is 9.37. The third kappa shape index (κ3) is 5.90. The van der Waals surface area contributed by atoms with Crippen LogP contribution in [0.15, 0.2) is 42.5 Å². The van der Waals surface area contributed by atoms with E-state index < -0.39 is 0 Å². The molecule has 2 saturated heterocycles. The summed E-state index contributed by atoms with van der Waals surface area (Å²) in [6.07, 6.45) is 3.05. The number of hydrogen-bond donors (Lipinski definition) is 1. The zero-order chi connectivity index (χ0) is 23.2. The molecule has 0 saturated carbocycles. The van der Waals surface area contributed by atoms with Crippen LogP contribution < -0.4 is 14.8 Å². The molecule has 2 aromatic carbocycles. The number of amides is 1. The van der Waals surface area contributed by atoms with Gasteiger partial charge in [-0.3, -0.25) is 14.6 Å². The monoisotopic (exact) mass is 465 g/mol. The van der Waals surface area contributed by atoms with Crippen LogP contribution in [0.1, 0.15) is 42.0 Å². The molecule has 1 atom stereocenters. The fraction of sp³-hybridized carbons (Fsp3) is 0.519. The molecule has 3 heterocycles. The topological polar surface area (TPSA) is 63.3 Å². The van der Waals surface area contributed by atoms with Gasteiger partial charge >= 0.3 is 0 Å². The van der Waals surface area contributed by atoms with Crippen molar-refractivity contribution in [3.63, 3.8) is 0 Å². The van der Waals surface area contributed by atoms with Crippen molar-refractivity contribution in [2.24, 2.45) is 0 Å². The molecule has 0 radical (unpaired) electrons. The number of morpholine rings is 1. The first-order chi connectivity index (χ1) is 16.7. The SMILES string of the molecule is O=C(CN1CCCC1c1ccc2c(c1)OCCCO2)NCc1ccc(CN2CCOCC2)cc1. The second-order valence-electron chi connectivity index (χ2n) is 9.37. The second kappa shape index (κ2) is 11.2. The maximum atomic E-state index is 12.7. The van der Waals surface area contributed by atoms with E-state index in [0.29, 0.717) is 26.3 Å². The highest BCUT2D eigenvalue weighted by atomic mass is 16.5. The Hall–Kier alpha value is -2.61. The van der Waals surface area contributed by atoms with E-state index in [1.807, 2.05) is 6.07 Å². The highest BCUT2D eigenvalue weighted by molar-refractivity contribution is 5.78. The van der Waals surface area contributed by atoms with E-state index in [-0.39, 0.29) is 11.9 Å². The number of rotatable bonds is 7. The lowest BCUT2D eigenvalue weighted by molar-refractivity contribution is -0.122. The molecule has 34 heavy (non-hydrogen) atoms. The summed E-state index contributed by atoms with van der Waals surface area (Å²) in [7, 11) is 0. The molecule has 182 valence electrons. The Balaban J connectivity index is 1.12. The fourth-order valence-corrected chi connectivity index (χ4v) is 5.00. The quantitative estimate of drug-likeness (QED) is 0.678. The van der Waals surface area contributed by atoms with E-state index in [1.54, 1.807) is 0 Å². The van der Waals surface area contributed by atoms with Gasteiger partial charge in [0.15, 0.2) is 11.5 Å². The van der Waals surface area contributed by atoms with Crippen molar-refractivity contribution >= 4 is 5.91 Å². The normalized spacial score (nSPS) is 21.2. The smallest absolute Gasteiger partial charge is 0.234 e. The van der Waals surface area contributed by atoms with E-state index in [2.05, 4.69) is 51.5 Å². The first-order valence-electron chi connectivity index (χ1n) is 12.5. The van der Waals surface area contributed by atoms with Crippen LogP contribution in [-0.2, 0) is 22.6 Å². The first kappa shape index (κ1) is 23.1. The van der Waals surface area contributed by atoms with E-state index >= 15 is 0 Å². The van der Waals surface area contributed by atoms with E-state index in [1.165, 1.54) is 11.1 Å². The molecule has 7 heteroatoms. The maximum absolute atomic E-state index is 12.7. The number of carbonyl (C=O) groups excluding carboxylic acids is 1. The van der Waals surface area contributed by atoms with Crippen molar-refractivity contribution < 1.29 is 19.0 Å². The molecule has 5 rings (SSSR count). The third-order valence-electron chi connectivity index (χ3n) is 6.89. The van der Waals surface area contributed by atoms with Crippen LogP contribution in [0.3, 0.4) is 0 Å². The molecule has 2 aromatic rings.